The molecule has 5 rings (SSSR count). The van der Waals surface area contributed by atoms with E-state index in [9.17, 15) is 4.79 Å². The number of rotatable bonds is 5. The first-order chi connectivity index (χ1) is 15.8. The van der Waals surface area contributed by atoms with E-state index in [4.69, 9.17) is 0 Å². The highest BCUT2D eigenvalue weighted by Crippen LogP contribution is 2.32. The monoisotopic (exact) mass is 421 g/mol. The maximum atomic E-state index is 12.8. The zero-order valence-electron chi connectivity index (χ0n) is 18.1. The lowest BCUT2D eigenvalue weighted by atomic mass is 9.84. The molecule has 0 unspecified atom stereocenters. The molecule has 0 radical (unpaired) electrons. The predicted octanol–water partition coefficient (Wildman–Crippen LogP) is 7.04. The van der Waals surface area contributed by atoms with Gasteiger partial charge in [-0.15, -0.1) is 0 Å². The summed E-state index contributed by atoms with van der Waals surface area (Å²) in [6, 6.07) is 26.0. The molecule has 1 aromatic heterocycles. The highest BCUT2D eigenvalue weighted by Gasteiger charge is 2.16. The molecule has 0 bridgehead atoms. The van der Waals surface area contributed by atoms with Gasteiger partial charge in [0.25, 0.3) is 5.91 Å². The van der Waals surface area contributed by atoms with Crippen LogP contribution in [-0.4, -0.2) is 15.9 Å². The Bertz CT molecular complexity index is 1190. The highest BCUT2D eigenvalue weighted by atomic mass is 16.1. The van der Waals surface area contributed by atoms with E-state index in [1.807, 2.05) is 72.9 Å². The average Bonchev–Trinajstić information content (AvgIpc) is 3.36. The minimum absolute atomic E-state index is 0.0956. The molecule has 0 aliphatic heterocycles. The normalized spacial score (nSPS) is 14.2. The molecular formula is C28H27N3O. The summed E-state index contributed by atoms with van der Waals surface area (Å²) >= 11 is 0. The molecule has 0 saturated heterocycles. The van der Waals surface area contributed by atoms with Gasteiger partial charge in [-0.1, -0.05) is 73.9 Å². The second-order valence-corrected chi connectivity index (χ2v) is 8.50. The maximum absolute atomic E-state index is 12.8. The third-order valence-electron chi connectivity index (χ3n) is 6.30. The van der Waals surface area contributed by atoms with E-state index in [0.29, 0.717) is 11.5 Å². The molecule has 4 heteroatoms. The van der Waals surface area contributed by atoms with Crippen LogP contribution in [0.1, 0.15) is 53.9 Å². The van der Waals surface area contributed by atoms with Crippen LogP contribution in [-0.2, 0) is 0 Å². The zero-order valence-corrected chi connectivity index (χ0v) is 18.1. The number of nitrogens with zero attached hydrogens (tertiary/aromatic N) is 1. The Labute approximate surface area is 188 Å². The first-order valence-corrected chi connectivity index (χ1v) is 11.4. The van der Waals surface area contributed by atoms with Crippen LogP contribution in [0.25, 0.3) is 22.6 Å². The number of aromatic nitrogens is 2. The molecule has 0 atom stereocenters. The highest BCUT2D eigenvalue weighted by molar-refractivity contribution is 6.04. The van der Waals surface area contributed by atoms with Crippen molar-refractivity contribution in [3.05, 3.63) is 96.2 Å². The van der Waals surface area contributed by atoms with E-state index in [0.717, 1.165) is 28.3 Å². The van der Waals surface area contributed by atoms with Crippen LogP contribution in [0.2, 0.25) is 0 Å². The van der Waals surface area contributed by atoms with Gasteiger partial charge in [-0.25, -0.2) is 4.98 Å². The summed E-state index contributed by atoms with van der Waals surface area (Å²) in [5.41, 5.74) is 5.77. The first kappa shape index (κ1) is 20.3. The summed E-state index contributed by atoms with van der Waals surface area (Å²) in [6.07, 6.45) is 8.33. The molecule has 1 aliphatic rings. The molecule has 1 saturated carbocycles. The number of H-pyrrole nitrogens is 1. The van der Waals surface area contributed by atoms with Crippen molar-refractivity contribution >= 4 is 11.6 Å². The zero-order chi connectivity index (χ0) is 21.8. The van der Waals surface area contributed by atoms with Crippen molar-refractivity contribution in [3.63, 3.8) is 0 Å². The van der Waals surface area contributed by atoms with Gasteiger partial charge >= 0.3 is 0 Å². The van der Waals surface area contributed by atoms with Gasteiger partial charge in [-0.05, 0) is 54.2 Å². The van der Waals surface area contributed by atoms with Gasteiger partial charge in [0, 0.05) is 16.8 Å². The van der Waals surface area contributed by atoms with Crippen LogP contribution in [0.3, 0.4) is 0 Å². The lowest BCUT2D eigenvalue weighted by Gasteiger charge is -2.22. The second-order valence-electron chi connectivity index (χ2n) is 8.50. The molecule has 3 aromatic carbocycles. The molecule has 1 aliphatic carbocycles. The van der Waals surface area contributed by atoms with E-state index in [-0.39, 0.29) is 5.91 Å². The Morgan fingerprint density at radius 3 is 2.38 bits per heavy atom. The standard InChI is InChI=1S/C28H27N3O/c32-28(23-16-14-21(15-17-23)20-8-3-1-4-9-20)30-25-13-7-12-24(18-25)27-29-19-26(31-27)22-10-5-2-6-11-22/h2,5-7,10-20H,1,3-4,8-9H2,(H,29,31)(H,30,32). The van der Waals surface area contributed by atoms with E-state index < -0.39 is 0 Å². The van der Waals surface area contributed by atoms with Crippen LogP contribution in [0.15, 0.2) is 85.1 Å². The topological polar surface area (TPSA) is 57.8 Å². The van der Waals surface area contributed by atoms with Crippen LogP contribution in [0.4, 0.5) is 5.69 Å². The number of hydrogen-bond acceptors (Lipinski definition) is 2. The van der Waals surface area contributed by atoms with Gasteiger partial charge in [-0.3, -0.25) is 4.79 Å². The quantitative estimate of drug-likeness (QED) is 0.363. The number of carbonyl (C=O) groups is 1. The fraction of sp³-hybridized carbons (Fsp3) is 0.214. The van der Waals surface area contributed by atoms with Gasteiger partial charge in [0.15, 0.2) is 0 Å². The largest absolute Gasteiger partial charge is 0.338 e. The summed E-state index contributed by atoms with van der Waals surface area (Å²) in [7, 11) is 0. The van der Waals surface area contributed by atoms with E-state index in [1.165, 1.54) is 37.7 Å². The lowest BCUT2D eigenvalue weighted by molar-refractivity contribution is 0.102. The van der Waals surface area contributed by atoms with Gasteiger partial charge < -0.3 is 10.3 Å². The van der Waals surface area contributed by atoms with Gasteiger partial charge in [0.2, 0.25) is 0 Å². The summed E-state index contributed by atoms with van der Waals surface area (Å²) in [6.45, 7) is 0. The minimum Gasteiger partial charge on any atom is -0.338 e. The van der Waals surface area contributed by atoms with Crippen LogP contribution < -0.4 is 5.32 Å². The predicted molar refractivity (Wildman–Crippen MR) is 130 cm³/mol. The van der Waals surface area contributed by atoms with Crippen molar-refractivity contribution in [2.24, 2.45) is 0 Å². The molecule has 4 aromatic rings. The number of aromatic amines is 1. The number of amides is 1. The van der Waals surface area contributed by atoms with Crippen LogP contribution >= 0.6 is 0 Å². The SMILES string of the molecule is O=C(Nc1cccc(-c2ncc(-c3ccccc3)[nH]2)c1)c1ccc(C2CCCCC2)cc1. The number of anilines is 1. The third kappa shape index (κ3) is 4.50. The van der Waals surface area contributed by atoms with Gasteiger partial charge in [0.1, 0.15) is 5.82 Å². The van der Waals surface area contributed by atoms with E-state index in [2.05, 4.69) is 27.4 Å². The summed E-state index contributed by atoms with van der Waals surface area (Å²) in [4.78, 5) is 20.7. The molecule has 1 heterocycles. The smallest absolute Gasteiger partial charge is 0.255 e. The van der Waals surface area contributed by atoms with Crippen LogP contribution in [0, 0.1) is 0 Å². The molecule has 32 heavy (non-hydrogen) atoms. The van der Waals surface area contributed by atoms with Crippen molar-refractivity contribution in [2.75, 3.05) is 5.32 Å². The number of imidazole rings is 1. The van der Waals surface area contributed by atoms with Crippen molar-refractivity contribution < 1.29 is 4.79 Å². The van der Waals surface area contributed by atoms with Crippen molar-refractivity contribution in [3.8, 4) is 22.6 Å². The van der Waals surface area contributed by atoms with Crippen molar-refractivity contribution in [2.45, 2.75) is 38.0 Å². The van der Waals surface area contributed by atoms with Crippen molar-refractivity contribution in [1.82, 2.24) is 9.97 Å². The number of nitrogens with one attached hydrogen (secondary N) is 2. The average molecular weight is 422 g/mol. The molecule has 160 valence electrons. The molecule has 1 fully saturated rings. The molecule has 4 nitrogen and oxygen atoms in total. The van der Waals surface area contributed by atoms with E-state index >= 15 is 0 Å². The lowest BCUT2D eigenvalue weighted by Crippen LogP contribution is -2.12. The van der Waals surface area contributed by atoms with Crippen molar-refractivity contribution in [1.29, 1.82) is 0 Å². The number of carbonyl (C=O) groups excluding carboxylic acids is 1. The Kier molecular flexibility index (Phi) is 5.84. The Morgan fingerprint density at radius 1 is 0.844 bits per heavy atom. The van der Waals surface area contributed by atoms with Gasteiger partial charge in [0.05, 0.1) is 11.9 Å². The fourth-order valence-corrected chi connectivity index (χ4v) is 4.52. The fourth-order valence-electron chi connectivity index (χ4n) is 4.52. The van der Waals surface area contributed by atoms with E-state index in [1.54, 1.807) is 0 Å². The number of benzene rings is 3. The minimum atomic E-state index is -0.0956. The molecule has 2 N–H and O–H groups in total. The Hall–Kier alpha value is -3.66. The maximum Gasteiger partial charge on any atom is 0.255 e. The summed E-state index contributed by atoms with van der Waals surface area (Å²) < 4.78 is 0. The van der Waals surface area contributed by atoms with Gasteiger partial charge in [-0.2, -0.15) is 0 Å². The first-order valence-electron chi connectivity index (χ1n) is 11.4. The summed E-state index contributed by atoms with van der Waals surface area (Å²) in [5.74, 6) is 1.32. The molecular weight excluding hydrogens is 394 g/mol. The van der Waals surface area contributed by atoms with Crippen LogP contribution in [0.5, 0.6) is 0 Å². The summed E-state index contributed by atoms with van der Waals surface area (Å²) in [5, 5.41) is 3.03. The second kappa shape index (κ2) is 9.23. The number of hydrogen-bond donors (Lipinski definition) is 2. The molecule has 1 amide bonds. The molecule has 0 spiro atoms. The Balaban J connectivity index is 1.29. The Morgan fingerprint density at radius 2 is 1.59 bits per heavy atom. The third-order valence-corrected chi connectivity index (χ3v) is 6.30.